The molecule has 2 N–H and O–H groups in total. The second-order valence-corrected chi connectivity index (χ2v) is 12.5. The van der Waals surface area contributed by atoms with Crippen LogP contribution in [0.1, 0.15) is 44.2 Å². The van der Waals surface area contributed by atoms with Gasteiger partial charge in [0.1, 0.15) is 4.60 Å². The maximum atomic E-state index is 12.3. The van der Waals surface area contributed by atoms with E-state index in [0.717, 1.165) is 35.0 Å². The monoisotopic (exact) mass is 561 g/mol. The highest BCUT2D eigenvalue weighted by molar-refractivity contribution is 9.10. The lowest BCUT2D eigenvalue weighted by Gasteiger charge is -2.22. The van der Waals surface area contributed by atoms with E-state index in [-0.39, 0.29) is 17.7 Å². The van der Waals surface area contributed by atoms with Gasteiger partial charge in [0.2, 0.25) is 21.9 Å². The number of hydrogen-bond donors (Lipinski definition) is 2. The Labute approximate surface area is 212 Å². The summed E-state index contributed by atoms with van der Waals surface area (Å²) in [6, 6.07) is 5.96. The molecule has 0 bridgehead atoms. The zero-order valence-corrected chi connectivity index (χ0v) is 22.3. The van der Waals surface area contributed by atoms with Crippen LogP contribution in [-0.4, -0.2) is 57.2 Å². The van der Waals surface area contributed by atoms with Crippen molar-refractivity contribution >= 4 is 48.8 Å². The zero-order valence-electron chi connectivity index (χ0n) is 19.9. The Kier molecular flexibility index (Phi) is 6.09. The average molecular weight is 562 g/mol. The van der Waals surface area contributed by atoms with Crippen molar-refractivity contribution in [2.75, 3.05) is 18.1 Å². The largest absolute Gasteiger partial charge is 0.359 e. The van der Waals surface area contributed by atoms with Crippen LogP contribution in [0.4, 0.5) is 5.95 Å². The molecule has 2 aromatic heterocycles. The smallest absolute Gasteiger partial charge is 0.225 e. The Morgan fingerprint density at radius 2 is 2.06 bits per heavy atom. The number of carbonyl (C=O) groups excluding carboxylic acids is 1. The molecular formula is C23H28BrN7O3S. The Bertz CT molecular complexity index is 1420. The molecule has 1 saturated carbocycles. The summed E-state index contributed by atoms with van der Waals surface area (Å²) in [5.74, 6) is 0.626. The highest BCUT2D eigenvalue weighted by atomic mass is 79.9. The molecule has 35 heavy (non-hydrogen) atoms. The van der Waals surface area contributed by atoms with E-state index >= 15 is 0 Å². The van der Waals surface area contributed by atoms with Gasteiger partial charge in [0, 0.05) is 37.8 Å². The Balaban J connectivity index is 1.43. The van der Waals surface area contributed by atoms with Crippen molar-refractivity contribution in [2.45, 2.75) is 52.2 Å². The highest BCUT2D eigenvalue weighted by Crippen LogP contribution is 2.39. The van der Waals surface area contributed by atoms with Crippen molar-refractivity contribution < 1.29 is 13.2 Å². The van der Waals surface area contributed by atoms with E-state index in [1.54, 1.807) is 24.9 Å². The lowest BCUT2D eigenvalue weighted by molar-refractivity contribution is -0.129. The van der Waals surface area contributed by atoms with Crippen LogP contribution in [0.5, 0.6) is 0 Å². The lowest BCUT2D eigenvalue weighted by atomic mass is 9.87. The zero-order chi connectivity index (χ0) is 25.0. The molecule has 1 fully saturated rings. The second kappa shape index (κ2) is 8.82. The summed E-state index contributed by atoms with van der Waals surface area (Å²) in [6.07, 6.45) is 4.10. The first-order chi connectivity index (χ1) is 16.6. The van der Waals surface area contributed by atoms with E-state index in [0.29, 0.717) is 35.7 Å². The normalized spacial score (nSPS) is 22.5. The first-order valence-corrected chi connectivity index (χ1v) is 14.0. The highest BCUT2D eigenvalue weighted by Gasteiger charge is 2.41. The molecule has 0 unspecified atom stereocenters. The molecule has 10 nitrogen and oxygen atoms in total. The Morgan fingerprint density at radius 3 is 2.80 bits per heavy atom. The van der Waals surface area contributed by atoms with Gasteiger partial charge in [-0.05, 0) is 65.4 Å². The van der Waals surface area contributed by atoms with Crippen LogP contribution in [0.15, 0.2) is 29.0 Å². The molecule has 12 heteroatoms. The molecule has 0 saturated heterocycles. The minimum atomic E-state index is -3.26. The quantitative estimate of drug-likeness (QED) is 0.474. The summed E-state index contributed by atoms with van der Waals surface area (Å²) in [4.78, 5) is 21.5. The number of carbonyl (C=O) groups is 1. The number of hydrogen-bond acceptors (Lipinski definition) is 7. The summed E-state index contributed by atoms with van der Waals surface area (Å²) < 4.78 is 28.5. The van der Waals surface area contributed by atoms with Gasteiger partial charge in [-0.25, -0.2) is 18.1 Å². The molecule has 2 aliphatic rings. The van der Waals surface area contributed by atoms with Gasteiger partial charge in [0.25, 0.3) is 0 Å². The molecule has 2 atom stereocenters. The van der Waals surface area contributed by atoms with E-state index in [1.165, 1.54) is 4.31 Å². The molecule has 1 aromatic carbocycles. The number of benzene rings is 1. The number of nitrogens with one attached hydrogen (secondary N) is 2. The predicted octanol–water partition coefficient (Wildman–Crippen LogP) is 2.96. The summed E-state index contributed by atoms with van der Waals surface area (Å²) in [5, 5.41) is 11.5. The number of rotatable bonds is 6. The number of fused-ring (bicyclic) bond motifs is 2. The number of sulfonamides is 1. The average Bonchev–Trinajstić information content (AvgIpc) is 3.54. The summed E-state index contributed by atoms with van der Waals surface area (Å²) in [7, 11) is -1.59. The fraction of sp³-hybridized carbons (Fsp3) is 0.478. The lowest BCUT2D eigenvalue weighted by Crippen LogP contribution is -2.35. The van der Waals surface area contributed by atoms with Crippen molar-refractivity contribution in [3.05, 3.63) is 40.1 Å². The van der Waals surface area contributed by atoms with Gasteiger partial charge in [0.15, 0.2) is 5.65 Å². The standard InChI is InChI=1S/C23H28BrN7O3S/c1-4-35(33,34)30-12-14-5-6-17(9-15(14)13-30)31-20-18(19(24)29-31)11-26-22(28-20)27-16-7-8-23(2,10-16)21(32)25-3/h5-6,9,11,16H,4,7-8,10,12-13H2,1-3H3,(H,25,32)(H,26,27,28)/t16-,23-/m1/s1. The number of nitrogens with zero attached hydrogens (tertiary/aromatic N) is 5. The fourth-order valence-electron chi connectivity index (χ4n) is 5.03. The third kappa shape index (κ3) is 4.31. The molecule has 1 aliphatic heterocycles. The van der Waals surface area contributed by atoms with Gasteiger partial charge in [-0.15, -0.1) is 0 Å². The minimum absolute atomic E-state index is 0.0575. The van der Waals surface area contributed by atoms with E-state index in [4.69, 9.17) is 4.98 Å². The Hall–Kier alpha value is -2.57. The van der Waals surface area contributed by atoms with Crippen molar-refractivity contribution in [3.63, 3.8) is 0 Å². The van der Waals surface area contributed by atoms with Crippen LogP contribution < -0.4 is 10.6 Å². The van der Waals surface area contributed by atoms with Crippen molar-refractivity contribution in [3.8, 4) is 5.69 Å². The van der Waals surface area contributed by atoms with E-state index < -0.39 is 15.4 Å². The number of anilines is 1. The molecule has 1 amide bonds. The van der Waals surface area contributed by atoms with Gasteiger partial charge in [-0.1, -0.05) is 13.0 Å². The topological polar surface area (TPSA) is 122 Å². The first-order valence-electron chi connectivity index (χ1n) is 11.6. The van der Waals surface area contributed by atoms with Crippen LogP contribution in [0, 0.1) is 5.41 Å². The number of halogens is 1. The van der Waals surface area contributed by atoms with Gasteiger partial charge in [-0.2, -0.15) is 14.4 Å². The van der Waals surface area contributed by atoms with Gasteiger partial charge in [0.05, 0.1) is 16.8 Å². The van der Waals surface area contributed by atoms with Gasteiger partial charge in [-0.3, -0.25) is 4.79 Å². The molecule has 3 heterocycles. The van der Waals surface area contributed by atoms with Crippen LogP contribution in [0.3, 0.4) is 0 Å². The number of amides is 1. The minimum Gasteiger partial charge on any atom is -0.359 e. The van der Waals surface area contributed by atoms with Crippen molar-refractivity contribution in [2.24, 2.45) is 5.41 Å². The van der Waals surface area contributed by atoms with Gasteiger partial charge >= 0.3 is 0 Å². The Morgan fingerprint density at radius 1 is 1.29 bits per heavy atom. The second-order valence-electron chi connectivity index (χ2n) is 9.48. The van der Waals surface area contributed by atoms with Crippen LogP contribution in [0.25, 0.3) is 16.7 Å². The molecule has 186 valence electrons. The molecule has 5 rings (SSSR count). The summed E-state index contributed by atoms with van der Waals surface area (Å²) in [6.45, 7) is 4.40. The summed E-state index contributed by atoms with van der Waals surface area (Å²) in [5.41, 5.74) is 3.00. The van der Waals surface area contributed by atoms with E-state index in [1.807, 2.05) is 25.1 Å². The fourth-order valence-corrected chi connectivity index (χ4v) is 6.51. The van der Waals surface area contributed by atoms with Crippen molar-refractivity contribution in [1.29, 1.82) is 0 Å². The third-order valence-electron chi connectivity index (χ3n) is 7.12. The molecule has 3 aromatic rings. The molecule has 0 radical (unpaired) electrons. The van der Waals surface area contributed by atoms with Gasteiger partial charge < -0.3 is 10.6 Å². The van der Waals surface area contributed by atoms with Crippen LogP contribution in [-0.2, 0) is 27.9 Å². The maximum Gasteiger partial charge on any atom is 0.225 e. The van der Waals surface area contributed by atoms with Crippen LogP contribution >= 0.6 is 15.9 Å². The first kappa shape index (κ1) is 24.1. The molecule has 1 aliphatic carbocycles. The van der Waals surface area contributed by atoms with E-state index in [2.05, 4.69) is 36.6 Å². The third-order valence-corrected chi connectivity index (χ3v) is 9.48. The molecular weight excluding hydrogens is 534 g/mol. The SMILES string of the molecule is CCS(=O)(=O)N1Cc2ccc(-n3nc(Br)c4cnc(N[C@@H]5CC[C@@](C)(C(=O)NC)C5)nc43)cc2C1. The van der Waals surface area contributed by atoms with Crippen molar-refractivity contribution in [1.82, 2.24) is 29.4 Å². The summed E-state index contributed by atoms with van der Waals surface area (Å²) >= 11 is 3.51. The number of aromatic nitrogens is 4. The maximum absolute atomic E-state index is 12.3. The van der Waals surface area contributed by atoms with Crippen LogP contribution in [0.2, 0.25) is 0 Å². The molecule has 0 spiro atoms. The van der Waals surface area contributed by atoms with E-state index in [9.17, 15) is 13.2 Å². The predicted molar refractivity (Wildman–Crippen MR) is 137 cm³/mol.